The fraction of sp³-hybridized carbons (Fsp3) is 0.520. The molecule has 1 aromatic carbocycles. The average Bonchev–Trinajstić information content (AvgIpc) is 3.19. The number of esters is 1. The van der Waals surface area contributed by atoms with E-state index < -0.39 is 5.97 Å². The number of nitrogens with one attached hydrogen (secondary N) is 1. The lowest BCUT2D eigenvalue weighted by atomic mass is 9.44. The van der Waals surface area contributed by atoms with Crippen molar-refractivity contribution in [1.82, 2.24) is 5.32 Å². The third-order valence-electron chi connectivity index (χ3n) is 7.42. The molecule has 3 aliphatic rings. The van der Waals surface area contributed by atoms with Crippen LogP contribution in [-0.4, -0.2) is 38.2 Å². The fourth-order valence-electron chi connectivity index (χ4n) is 5.38. The summed E-state index contributed by atoms with van der Waals surface area (Å²) in [6.07, 6.45) is 7.05. The van der Waals surface area contributed by atoms with Crippen LogP contribution in [0.25, 0.3) is 10.1 Å². The third kappa shape index (κ3) is 4.46. The second kappa shape index (κ2) is 9.32. The summed E-state index contributed by atoms with van der Waals surface area (Å²) in [4.78, 5) is 24.3. The molecule has 5 nitrogen and oxygen atoms in total. The Bertz CT molecular complexity index is 1030. The first-order valence-electron chi connectivity index (χ1n) is 11.1. The van der Waals surface area contributed by atoms with E-state index >= 15 is 0 Å². The van der Waals surface area contributed by atoms with Gasteiger partial charge in [0.05, 0.1) is 19.3 Å². The van der Waals surface area contributed by atoms with Crippen molar-refractivity contribution < 1.29 is 23.5 Å². The first kappa shape index (κ1) is 22.9. The highest BCUT2D eigenvalue weighted by Gasteiger charge is 2.57. The van der Waals surface area contributed by atoms with Gasteiger partial charge in [0.15, 0.2) is 0 Å². The van der Waals surface area contributed by atoms with Crippen LogP contribution in [0.5, 0.6) is 0 Å². The number of methoxy groups -OCH3 is 1. The molecule has 1 heterocycles. The van der Waals surface area contributed by atoms with Gasteiger partial charge in [0.25, 0.3) is 5.91 Å². The summed E-state index contributed by atoms with van der Waals surface area (Å²) in [5.41, 5.74) is 0.763. The molecule has 3 aliphatic carbocycles. The van der Waals surface area contributed by atoms with Gasteiger partial charge < -0.3 is 14.8 Å². The Kier molecular flexibility index (Phi) is 6.67. The zero-order valence-corrected chi connectivity index (χ0v) is 19.5. The maximum Gasteiger partial charge on any atom is 0.331 e. The Morgan fingerprint density at radius 3 is 2.84 bits per heavy atom. The SMILES string of the molecule is COC(=O)COCC=CC[C@H]1C[C@H]2C[C@@H]([C@@H]1NC(=O)c1csc3ccc(F)cc13)C2(C)C. The third-order valence-corrected chi connectivity index (χ3v) is 8.38. The molecule has 1 N–H and O–H groups in total. The average molecular weight is 460 g/mol. The molecule has 0 spiro atoms. The first-order chi connectivity index (χ1) is 15.3. The molecule has 0 aliphatic heterocycles. The number of ether oxygens (including phenoxy) is 2. The number of fused-ring (bicyclic) bond motifs is 3. The number of amides is 1. The van der Waals surface area contributed by atoms with Crippen LogP contribution in [0.1, 0.15) is 43.5 Å². The van der Waals surface area contributed by atoms with Gasteiger partial charge in [0, 0.05) is 21.5 Å². The molecule has 4 atom stereocenters. The molecule has 2 aromatic rings. The van der Waals surface area contributed by atoms with E-state index in [-0.39, 0.29) is 29.8 Å². The van der Waals surface area contributed by atoms with Gasteiger partial charge in [-0.15, -0.1) is 11.3 Å². The van der Waals surface area contributed by atoms with Crippen molar-refractivity contribution in [3.05, 3.63) is 47.1 Å². The van der Waals surface area contributed by atoms with Crippen LogP contribution >= 0.6 is 11.3 Å². The van der Waals surface area contributed by atoms with Crippen molar-refractivity contribution in [1.29, 1.82) is 0 Å². The molecule has 0 radical (unpaired) electrons. The van der Waals surface area contributed by atoms with E-state index in [1.54, 1.807) is 6.07 Å². The molecule has 0 unspecified atom stereocenters. The lowest BCUT2D eigenvalue weighted by molar-refractivity contribution is -0.145. The number of rotatable bonds is 8. The van der Waals surface area contributed by atoms with E-state index in [1.807, 2.05) is 11.5 Å². The highest BCUT2D eigenvalue weighted by molar-refractivity contribution is 7.17. The zero-order chi connectivity index (χ0) is 22.9. The zero-order valence-electron chi connectivity index (χ0n) is 18.7. The van der Waals surface area contributed by atoms with Gasteiger partial charge in [-0.3, -0.25) is 4.79 Å². The van der Waals surface area contributed by atoms with Crippen LogP contribution in [0.2, 0.25) is 0 Å². The van der Waals surface area contributed by atoms with Crippen molar-refractivity contribution in [2.24, 2.45) is 23.2 Å². The summed E-state index contributed by atoms with van der Waals surface area (Å²) in [7, 11) is 1.33. The van der Waals surface area contributed by atoms with Crippen molar-refractivity contribution >= 4 is 33.3 Å². The van der Waals surface area contributed by atoms with Gasteiger partial charge >= 0.3 is 5.97 Å². The summed E-state index contributed by atoms with van der Waals surface area (Å²) in [6, 6.07) is 4.67. The summed E-state index contributed by atoms with van der Waals surface area (Å²) >= 11 is 1.46. The number of hydrogen-bond donors (Lipinski definition) is 1. The van der Waals surface area contributed by atoms with Crippen LogP contribution in [0.15, 0.2) is 35.7 Å². The summed E-state index contributed by atoms with van der Waals surface area (Å²) in [5.74, 6) is 0.601. The van der Waals surface area contributed by atoms with Crippen LogP contribution < -0.4 is 5.32 Å². The number of hydrogen-bond acceptors (Lipinski definition) is 5. The number of benzene rings is 1. The minimum Gasteiger partial charge on any atom is -0.467 e. The Balaban J connectivity index is 1.43. The first-order valence-corrected chi connectivity index (χ1v) is 12.0. The van der Waals surface area contributed by atoms with Gasteiger partial charge in [-0.05, 0) is 60.6 Å². The second-order valence-electron chi connectivity index (χ2n) is 9.44. The monoisotopic (exact) mass is 459 g/mol. The Morgan fingerprint density at radius 1 is 1.28 bits per heavy atom. The maximum absolute atomic E-state index is 13.8. The predicted octanol–water partition coefficient (Wildman–Crippen LogP) is 4.96. The van der Waals surface area contributed by atoms with E-state index in [9.17, 15) is 14.0 Å². The molecular formula is C25H30FNO4S. The highest BCUT2D eigenvalue weighted by atomic mass is 32.1. The summed E-state index contributed by atoms with van der Waals surface area (Å²) in [5, 5.41) is 5.82. The molecule has 7 heteroatoms. The Labute approximate surface area is 192 Å². The molecule has 32 heavy (non-hydrogen) atoms. The van der Waals surface area contributed by atoms with E-state index in [1.165, 1.54) is 30.6 Å². The van der Waals surface area contributed by atoms with Gasteiger partial charge in [-0.1, -0.05) is 26.0 Å². The molecule has 5 rings (SSSR count). The van der Waals surface area contributed by atoms with E-state index in [2.05, 4.69) is 30.0 Å². The van der Waals surface area contributed by atoms with Crippen molar-refractivity contribution in [2.45, 2.75) is 39.2 Å². The van der Waals surface area contributed by atoms with Gasteiger partial charge in [0.1, 0.15) is 12.4 Å². The number of thiophene rings is 1. The number of carbonyl (C=O) groups is 2. The minimum absolute atomic E-state index is 0.0590. The molecule has 2 bridgehead atoms. The Morgan fingerprint density at radius 2 is 2.09 bits per heavy atom. The normalized spacial score (nSPS) is 26.1. The lowest BCUT2D eigenvalue weighted by Gasteiger charge is -2.62. The molecule has 1 amide bonds. The van der Waals surface area contributed by atoms with Gasteiger partial charge in [0.2, 0.25) is 0 Å². The predicted molar refractivity (Wildman–Crippen MR) is 123 cm³/mol. The molecule has 172 valence electrons. The van der Waals surface area contributed by atoms with Crippen molar-refractivity contribution in [3.8, 4) is 0 Å². The van der Waals surface area contributed by atoms with Gasteiger partial charge in [-0.2, -0.15) is 0 Å². The molecule has 3 saturated carbocycles. The Hall–Kier alpha value is -2.25. The lowest BCUT2D eigenvalue weighted by Crippen LogP contribution is -2.63. The van der Waals surface area contributed by atoms with E-state index in [4.69, 9.17) is 4.74 Å². The number of halogens is 1. The molecule has 3 fully saturated rings. The van der Waals surface area contributed by atoms with Crippen LogP contribution in [0, 0.1) is 29.0 Å². The standard InChI is InChI=1S/C25H30FNO4S/c1-25(2)16-10-15(6-4-5-9-31-13-22(28)30-3)23(20(25)11-16)27-24(29)19-14-32-21-8-7-17(26)12-18(19)21/h4-5,7-8,12,14-16,20,23H,6,9-11,13H2,1-3H3,(H,27,29)/t15-,16-,20-,23+/m0/s1. The highest BCUT2D eigenvalue weighted by Crippen LogP contribution is 2.61. The van der Waals surface area contributed by atoms with Crippen molar-refractivity contribution in [3.63, 3.8) is 0 Å². The smallest absolute Gasteiger partial charge is 0.331 e. The summed E-state index contributed by atoms with van der Waals surface area (Å²) in [6.45, 7) is 4.89. The molecular weight excluding hydrogens is 429 g/mol. The fourth-order valence-corrected chi connectivity index (χ4v) is 6.30. The minimum atomic E-state index is -0.392. The van der Waals surface area contributed by atoms with Gasteiger partial charge in [-0.25, -0.2) is 9.18 Å². The topological polar surface area (TPSA) is 64.6 Å². The van der Waals surface area contributed by atoms with Crippen LogP contribution in [-0.2, 0) is 14.3 Å². The summed E-state index contributed by atoms with van der Waals surface area (Å²) < 4.78 is 24.5. The number of carbonyl (C=O) groups excluding carboxylic acids is 2. The van der Waals surface area contributed by atoms with Crippen molar-refractivity contribution in [2.75, 3.05) is 20.3 Å². The quantitative estimate of drug-likeness (QED) is 0.344. The maximum atomic E-state index is 13.8. The number of allylic oxidation sites excluding steroid dienone is 1. The van der Waals surface area contributed by atoms with E-state index in [0.717, 1.165) is 24.0 Å². The van der Waals surface area contributed by atoms with E-state index in [0.29, 0.717) is 35.3 Å². The molecule has 1 aromatic heterocycles. The second-order valence-corrected chi connectivity index (χ2v) is 10.4. The molecule has 0 saturated heterocycles. The van der Waals surface area contributed by atoms with Crippen LogP contribution in [0.3, 0.4) is 0 Å². The van der Waals surface area contributed by atoms with Crippen LogP contribution in [0.4, 0.5) is 4.39 Å². The largest absolute Gasteiger partial charge is 0.467 e.